The summed E-state index contributed by atoms with van der Waals surface area (Å²) in [4.78, 5) is 26.6. The molecule has 2 N–H and O–H groups in total. The van der Waals surface area contributed by atoms with Crippen molar-refractivity contribution in [3.8, 4) is 0 Å². The molecule has 0 spiro atoms. The SMILES string of the molecule is CCNc1nc(NCC)n2c(SCC(=O)N3CCCN(CC4CCCCC4)CC3)nnc2n1. The van der Waals surface area contributed by atoms with E-state index in [0.717, 1.165) is 45.1 Å². The summed E-state index contributed by atoms with van der Waals surface area (Å²) in [5, 5.41) is 15.5. The van der Waals surface area contributed by atoms with Crippen molar-refractivity contribution >= 4 is 35.3 Å². The number of nitrogens with one attached hydrogen (secondary N) is 2. The Kier molecular flexibility index (Phi) is 8.60. The highest BCUT2D eigenvalue weighted by molar-refractivity contribution is 7.99. The molecule has 0 bridgehead atoms. The Morgan fingerprint density at radius 3 is 2.58 bits per heavy atom. The molecule has 1 aliphatic carbocycles. The number of rotatable bonds is 9. The predicted molar refractivity (Wildman–Crippen MR) is 132 cm³/mol. The van der Waals surface area contributed by atoms with Gasteiger partial charge in [-0.05, 0) is 45.6 Å². The lowest BCUT2D eigenvalue weighted by Crippen LogP contribution is -2.37. The van der Waals surface area contributed by atoms with Gasteiger partial charge in [0.1, 0.15) is 0 Å². The number of fused-ring (bicyclic) bond motifs is 1. The number of carbonyl (C=O) groups is 1. The summed E-state index contributed by atoms with van der Waals surface area (Å²) in [6.07, 6.45) is 7.95. The zero-order valence-corrected chi connectivity index (χ0v) is 20.7. The Bertz CT molecular complexity index is 915. The quantitative estimate of drug-likeness (QED) is 0.530. The molecule has 0 aromatic carbocycles. The first-order valence-corrected chi connectivity index (χ1v) is 13.4. The van der Waals surface area contributed by atoms with E-state index in [9.17, 15) is 4.79 Å². The van der Waals surface area contributed by atoms with Crippen LogP contribution in [0.15, 0.2) is 5.16 Å². The van der Waals surface area contributed by atoms with Gasteiger partial charge in [0, 0.05) is 39.3 Å². The topological polar surface area (TPSA) is 104 Å². The highest BCUT2D eigenvalue weighted by atomic mass is 32.2. The van der Waals surface area contributed by atoms with Crippen molar-refractivity contribution < 1.29 is 4.79 Å². The second kappa shape index (κ2) is 11.8. The van der Waals surface area contributed by atoms with Gasteiger partial charge in [0.2, 0.25) is 17.8 Å². The Morgan fingerprint density at radius 2 is 1.79 bits per heavy atom. The van der Waals surface area contributed by atoms with Gasteiger partial charge in [-0.2, -0.15) is 9.97 Å². The molecule has 2 aliphatic rings. The number of anilines is 2. The van der Waals surface area contributed by atoms with E-state index in [1.54, 1.807) is 4.40 Å². The minimum absolute atomic E-state index is 0.159. The molecule has 1 saturated carbocycles. The molecule has 0 unspecified atom stereocenters. The number of carbonyl (C=O) groups excluding carboxylic acids is 1. The Labute approximate surface area is 200 Å². The minimum Gasteiger partial charge on any atom is -0.355 e. The lowest BCUT2D eigenvalue weighted by Gasteiger charge is -2.28. The molecule has 33 heavy (non-hydrogen) atoms. The van der Waals surface area contributed by atoms with Crippen LogP contribution in [-0.2, 0) is 4.79 Å². The second-order valence-electron chi connectivity index (χ2n) is 8.88. The van der Waals surface area contributed by atoms with Gasteiger partial charge in [-0.3, -0.25) is 4.79 Å². The molecular formula is C22H37N9OS. The van der Waals surface area contributed by atoms with Crippen LogP contribution in [0.4, 0.5) is 11.9 Å². The third-order valence-corrected chi connectivity index (χ3v) is 7.34. The summed E-state index contributed by atoms with van der Waals surface area (Å²) in [6.45, 7) is 10.4. The zero-order chi connectivity index (χ0) is 23.0. The van der Waals surface area contributed by atoms with Crippen LogP contribution in [0.2, 0.25) is 0 Å². The van der Waals surface area contributed by atoms with Gasteiger partial charge >= 0.3 is 0 Å². The van der Waals surface area contributed by atoms with Crippen LogP contribution in [0.1, 0.15) is 52.4 Å². The monoisotopic (exact) mass is 475 g/mol. The van der Waals surface area contributed by atoms with Crippen molar-refractivity contribution in [2.45, 2.75) is 57.5 Å². The van der Waals surface area contributed by atoms with Crippen molar-refractivity contribution in [3.63, 3.8) is 0 Å². The van der Waals surface area contributed by atoms with Crippen molar-refractivity contribution in [1.29, 1.82) is 0 Å². The van der Waals surface area contributed by atoms with Gasteiger partial charge in [0.25, 0.3) is 5.78 Å². The third-order valence-electron chi connectivity index (χ3n) is 6.42. The van der Waals surface area contributed by atoms with Crippen LogP contribution in [0.25, 0.3) is 5.78 Å². The number of hydrogen-bond acceptors (Lipinski definition) is 9. The zero-order valence-electron chi connectivity index (χ0n) is 19.9. The van der Waals surface area contributed by atoms with Gasteiger partial charge in [0.05, 0.1) is 5.75 Å². The molecule has 1 aliphatic heterocycles. The van der Waals surface area contributed by atoms with Crippen LogP contribution in [0.3, 0.4) is 0 Å². The van der Waals surface area contributed by atoms with E-state index in [1.165, 1.54) is 50.4 Å². The fourth-order valence-corrected chi connectivity index (χ4v) is 5.58. The smallest absolute Gasteiger partial charge is 0.261 e. The first kappa shape index (κ1) is 24.0. The highest BCUT2D eigenvalue weighted by Crippen LogP contribution is 2.25. The molecule has 2 fully saturated rings. The molecular weight excluding hydrogens is 438 g/mol. The number of nitrogens with zero attached hydrogens (tertiary/aromatic N) is 7. The lowest BCUT2D eigenvalue weighted by atomic mass is 9.89. The number of hydrogen-bond donors (Lipinski definition) is 2. The fraction of sp³-hybridized carbons (Fsp3) is 0.773. The van der Waals surface area contributed by atoms with Gasteiger partial charge in [-0.15, -0.1) is 10.2 Å². The maximum absolute atomic E-state index is 13.0. The van der Waals surface area contributed by atoms with E-state index in [0.29, 0.717) is 35.1 Å². The summed E-state index contributed by atoms with van der Waals surface area (Å²) in [5.74, 6) is 2.96. The Morgan fingerprint density at radius 1 is 0.970 bits per heavy atom. The lowest BCUT2D eigenvalue weighted by molar-refractivity contribution is -0.128. The Hall–Kier alpha value is -2.14. The van der Waals surface area contributed by atoms with Crippen molar-refractivity contribution in [1.82, 2.24) is 34.4 Å². The average molecular weight is 476 g/mol. The van der Waals surface area contributed by atoms with Crippen LogP contribution >= 0.6 is 11.8 Å². The summed E-state index contributed by atoms with van der Waals surface area (Å²) in [7, 11) is 0. The molecule has 11 heteroatoms. The summed E-state index contributed by atoms with van der Waals surface area (Å²) in [5.41, 5.74) is 0. The molecule has 3 heterocycles. The van der Waals surface area contributed by atoms with Crippen LogP contribution in [-0.4, -0.2) is 91.8 Å². The largest absolute Gasteiger partial charge is 0.355 e. The van der Waals surface area contributed by atoms with Crippen LogP contribution < -0.4 is 10.6 Å². The van der Waals surface area contributed by atoms with Crippen molar-refractivity contribution in [2.75, 3.05) is 62.2 Å². The summed E-state index contributed by atoms with van der Waals surface area (Å²) < 4.78 is 1.79. The van der Waals surface area contributed by atoms with Gasteiger partial charge in [-0.1, -0.05) is 31.0 Å². The molecule has 2 aromatic heterocycles. The summed E-state index contributed by atoms with van der Waals surface area (Å²) in [6, 6.07) is 0. The molecule has 2 aromatic rings. The summed E-state index contributed by atoms with van der Waals surface area (Å²) >= 11 is 1.40. The van der Waals surface area contributed by atoms with E-state index in [2.05, 4.69) is 35.7 Å². The standard InChI is InChI=1S/C22H37N9OS/c1-3-23-19-25-20(24-4-2)31-21(26-19)27-28-22(31)33-16-18(32)30-12-8-11-29(13-14-30)15-17-9-6-5-7-10-17/h17H,3-16H2,1-2H3,(H2,23,24,25,26,27). The maximum Gasteiger partial charge on any atom is 0.261 e. The number of amides is 1. The molecule has 0 atom stereocenters. The van der Waals surface area contributed by atoms with Gasteiger partial charge in [0.15, 0.2) is 5.16 Å². The van der Waals surface area contributed by atoms with Crippen LogP contribution in [0, 0.1) is 5.92 Å². The fourth-order valence-electron chi connectivity index (χ4n) is 4.75. The highest BCUT2D eigenvalue weighted by Gasteiger charge is 2.23. The van der Waals surface area contributed by atoms with E-state index in [-0.39, 0.29) is 5.91 Å². The minimum atomic E-state index is 0.159. The average Bonchev–Trinajstić information content (AvgIpc) is 3.09. The van der Waals surface area contributed by atoms with Gasteiger partial charge in [-0.25, -0.2) is 4.40 Å². The predicted octanol–water partition coefficient (Wildman–Crippen LogP) is 2.59. The third kappa shape index (κ3) is 6.26. The van der Waals surface area contributed by atoms with Crippen molar-refractivity contribution in [2.24, 2.45) is 5.92 Å². The molecule has 182 valence electrons. The van der Waals surface area contributed by atoms with E-state index >= 15 is 0 Å². The molecule has 0 radical (unpaired) electrons. The normalized spacial score (nSPS) is 18.4. The molecule has 4 rings (SSSR count). The van der Waals surface area contributed by atoms with Crippen molar-refractivity contribution in [3.05, 3.63) is 0 Å². The first-order chi connectivity index (χ1) is 16.2. The van der Waals surface area contributed by atoms with Crippen LogP contribution in [0.5, 0.6) is 0 Å². The molecule has 1 amide bonds. The second-order valence-corrected chi connectivity index (χ2v) is 9.82. The number of aromatic nitrogens is 5. The molecule has 1 saturated heterocycles. The Balaban J connectivity index is 1.34. The first-order valence-electron chi connectivity index (χ1n) is 12.4. The number of thioether (sulfide) groups is 1. The maximum atomic E-state index is 13.0. The van der Waals surface area contributed by atoms with Gasteiger partial charge < -0.3 is 20.4 Å². The molecule has 10 nitrogen and oxygen atoms in total. The van der Waals surface area contributed by atoms with E-state index in [4.69, 9.17) is 0 Å². The van der Waals surface area contributed by atoms with E-state index < -0.39 is 0 Å². The van der Waals surface area contributed by atoms with E-state index in [1.807, 2.05) is 18.7 Å².